The molecule has 1 saturated heterocycles. The van der Waals surface area contributed by atoms with Crippen molar-refractivity contribution < 1.29 is 28.2 Å². The Balaban J connectivity index is 1.84. The first-order valence-electron chi connectivity index (χ1n) is 9.77. The lowest BCUT2D eigenvalue weighted by molar-refractivity contribution is -0.140. The fourth-order valence-electron chi connectivity index (χ4n) is 3.19. The Hall–Kier alpha value is -2.48. The monoisotopic (exact) mass is 410 g/mol. The Kier molecular flexibility index (Phi) is 8.57. The van der Waals surface area contributed by atoms with Gasteiger partial charge in [0, 0.05) is 25.1 Å². The maximum atomic E-state index is 14.4. The molecule has 0 bridgehead atoms. The van der Waals surface area contributed by atoms with Gasteiger partial charge in [-0.05, 0) is 12.8 Å². The third kappa shape index (κ3) is 6.52. The van der Waals surface area contributed by atoms with E-state index in [1.165, 1.54) is 37.5 Å². The zero-order valence-electron chi connectivity index (χ0n) is 16.5. The van der Waals surface area contributed by atoms with Gasteiger partial charge in [-0.1, -0.05) is 55.3 Å². The number of amides is 2. The molecule has 1 aliphatic rings. The number of halogens is 2. The van der Waals surface area contributed by atoms with Gasteiger partial charge in [0.15, 0.2) is 0 Å². The van der Waals surface area contributed by atoms with Crippen molar-refractivity contribution in [1.82, 2.24) is 10.2 Å². The number of hydrogen-bond acceptors (Lipinski definition) is 4. The first kappa shape index (κ1) is 22.8. The van der Waals surface area contributed by atoms with Gasteiger partial charge in [-0.25, -0.2) is 4.79 Å². The van der Waals surface area contributed by atoms with Gasteiger partial charge in [0.2, 0.25) is 0 Å². The number of esters is 1. The number of benzene rings is 1. The summed E-state index contributed by atoms with van der Waals surface area (Å²) in [6.45, 7) is 0.783. The number of carbonyl (C=O) groups is 2. The third-order valence-corrected chi connectivity index (χ3v) is 4.93. The second kappa shape index (κ2) is 10.9. The summed E-state index contributed by atoms with van der Waals surface area (Å²) in [4.78, 5) is 24.6. The first-order chi connectivity index (χ1) is 13.9. The molecule has 0 aliphatic carbocycles. The lowest BCUT2D eigenvalue weighted by Gasteiger charge is -2.23. The molecule has 0 saturated carbocycles. The highest BCUT2D eigenvalue weighted by molar-refractivity contribution is 5.77. The predicted octanol–water partition coefficient (Wildman–Crippen LogP) is 3.21. The largest absolute Gasteiger partial charge is 0.469 e. The number of nitrogens with one attached hydrogen (secondary N) is 1. The van der Waals surface area contributed by atoms with Crippen molar-refractivity contribution in [2.24, 2.45) is 0 Å². The van der Waals surface area contributed by atoms with E-state index in [0.29, 0.717) is 19.5 Å². The fourth-order valence-corrected chi connectivity index (χ4v) is 3.19. The summed E-state index contributed by atoms with van der Waals surface area (Å²) in [6.07, 6.45) is 4.04. The molecule has 0 spiro atoms. The smallest absolute Gasteiger partial charge is 0.318 e. The summed E-state index contributed by atoms with van der Waals surface area (Å²) in [5.41, 5.74) is -0.262. The maximum Gasteiger partial charge on any atom is 0.318 e. The Labute approximate surface area is 169 Å². The van der Waals surface area contributed by atoms with Gasteiger partial charge in [0.1, 0.15) is 6.10 Å². The minimum Gasteiger partial charge on any atom is -0.469 e. The van der Waals surface area contributed by atoms with Gasteiger partial charge in [0.05, 0.1) is 13.2 Å². The summed E-state index contributed by atoms with van der Waals surface area (Å²) in [6, 6.07) is 6.51. The van der Waals surface area contributed by atoms with E-state index >= 15 is 0 Å². The lowest BCUT2D eigenvalue weighted by Crippen LogP contribution is -2.35. The maximum absolute atomic E-state index is 14.4. The second-order valence-corrected chi connectivity index (χ2v) is 7.01. The molecule has 2 rings (SSSR count). The van der Waals surface area contributed by atoms with Crippen molar-refractivity contribution in [3.63, 3.8) is 0 Å². The molecule has 6 nitrogen and oxygen atoms in total. The van der Waals surface area contributed by atoms with Gasteiger partial charge in [-0.15, -0.1) is 0 Å². The highest BCUT2D eigenvalue weighted by atomic mass is 19.3. The van der Waals surface area contributed by atoms with Crippen LogP contribution >= 0.6 is 0 Å². The zero-order chi connectivity index (χ0) is 21.3. The van der Waals surface area contributed by atoms with Crippen molar-refractivity contribution in [3.8, 4) is 0 Å². The number of nitrogens with zero attached hydrogens (tertiary/aromatic N) is 1. The average molecular weight is 410 g/mol. The molecule has 2 atom stereocenters. The molecule has 2 N–H and O–H groups in total. The molecule has 2 amide bonds. The molecule has 1 fully saturated rings. The van der Waals surface area contributed by atoms with E-state index in [4.69, 9.17) is 0 Å². The summed E-state index contributed by atoms with van der Waals surface area (Å²) in [5, 5.41) is 12.7. The number of aliphatic hydroxyl groups excluding tert-OH is 1. The van der Waals surface area contributed by atoms with E-state index in [2.05, 4.69) is 10.1 Å². The van der Waals surface area contributed by atoms with Gasteiger partial charge in [0.25, 0.3) is 0 Å². The SMILES string of the molecule is COC(=O)CCCCCCN1C(=O)NC[C@@H]1/C=C/C(O)C(F)(F)c1ccccc1. The average Bonchev–Trinajstić information content (AvgIpc) is 3.08. The minimum atomic E-state index is -3.42. The molecule has 1 aliphatic heterocycles. The lowest BCUT2D eigenvalue weighted by atomic mass is 10.0. The molecule has 29 heavy (non-hydrogen) atoms. The quantitative estimate of drug-likeness (QED) is 0.334. The normalized spacial score (nSPS) is 18.1. The zero-order valence-corrected chi connectivity index (χ0v) is 16.5. The molecule has 1 aromatic carbocycles. The van der Waals surface area contributed by atoms with Gasteiger partial charge < -0.3 is 20.1 Å². The van der Waals surface area contributed by atoms with Crippen LogP contribution in [0.3, 0.4) is 0 Å². The number of methoxy groups -OCH3 is 1. The number of ether oxygens (including phenoxy) is 1. The molecular weight excluding hydrogens is 382 g/mol. The fraction of sp³-hybridized carbons (Fsp3) is 0.524. The molecule has 1 unspecified atom stereocenters. The molecule has 0 aromatic heterocycles. The molecule has 1 aromatic rings. The molecule has 0 radical (unpaired) electrons. The Morgan fingerprint density at radius 2 is 2.00 bits per heavy atom. The first-order valence-corrected chi connectivity index (χ1v) is 9.77. The van der Waals surface area contributed by atoms with Crippen LogP contribution in [-0.4, -0.2) is 54.4 Å². The number of rotatable bonds is 11. The van der Waals surface area contributed by atoms with E-state index in [9.17, 15) is 23.5 Å². The summed E-state index contributed by atoms with van der Waals surface area (Å²) in [5.74, 6) is -3.65. The van der Waals surface area contributed by atoms with Crippen LogP contribution in [0.1, 0.15) is 37.7 Å². The van der Waals surface area contributed by atoms with Gasteiger partial charge in [-0.3, -0.25) is 4.79 Å². The van der Waals surface area contributed by atoms with Crippen molar-refractivity contribution >= 4 is 12.0 Å². The van der Waals surface area contributed by atoms with Crippen molar-refractivity contribution in [1.29, 1.82) is 0 Å². The standard InChI is InChI=1S/C21H28F2N2O4/c1-29-19(27)11-7-2-3-8-14-25-17(15-24-20(25)28)12-13-18(26)21(22,23)16-9-5-4-6-10-16/h4-6,9-10,12-13,17-18,26H,2-3,7-8,11,14-15H2,1H3,(H,24,28)/b13-12+/t17-,18?/m0/s1. The highest BCUT2D eigenvalue weighted by Gasteiger charge is 2.39. The highest BCUT2D eigenvalue weighted by Crippen LogP contribution is 2.32. The van der Waals surface area contributed by atoms with Crippen LogP contribution in [0.4, 0.5) is 13.6 Å². The summed E-state index contributed by atoms with van der Waals surface area (Å²) < 4.78 is 33.3. The van der Waals surface area contributed by atoms with E-state index in [1.54, 1.807) is 11.0 Å². The van der Waals surface area contributed by atoms with Crippen LogP contribution in [0.2, 0.25) is 0 Å². The van der Waals surface area contributed by atoms with E-state index in [1.807, 2.05) is 0 Å². The van der Waals surface area contributed by atoms with Crippen LogP contribution in [-0.2, 0) is 15.5 Å². The third-order valence-electron chi connectivity index (χ3n) is 4.93. The number of hydrogen-bond donors (Lipinski definition) is 2. The topological polar surface area (TPSA) is 78.9 Å². The minimum absolute atomic E-state index is 0.236. The molecular formula is C21H28F2N2O4. The molecule has 160 valence electrons. The Morgan fingerprint density at radius 3 is 2.69 bits per heavy atom. The second-order valence-electron chi connectivity index (χ2n) is 7.01. The van der Waals surface area contributed by atoms with Crippen molar-refractivity contribution in [3.05, 3.63) is 48.0 Å². The van der Waals surface area contributed by atoms with Gasteiger partial charge >= 0.3 is 17.9 Å². The van der Waals surface area contributed by atoms with Crippen molar-refractivity contribution in [2.45, 2.75) is 50.2 Å². The molecule has 8 heteroatoms. The molecule has 1 heterocycles. The number of alkyl halides is 2. The van der Waals surface area contributed by atoms with Crippen LogP contribution in [0.15, 0.2) is 42.5 Å². The van der Waals surface area contributed by atoms with Crippen LogP contribution in [0.25, 0.3) is 0 Å². The Bertz CT molecular complexity index is 697. The van der Waals surface area contributed by atoms with E-state index in [0.717, 1.165) is 31.8 Å². The summed E-state index contributed by atoms with van der Waals surface area (Å²) in [7, 11) is 1.36. The van der Waals surface area contributed by atoms with Crippen LogP contribution in [0, 0.1) is 0 Å². The number of aliphatic hydroxyl groups is 1. The summed E-state index contributed by atoms with van der Waals surface area (Å²) >= 11 is 0. The van der Waals surface area contributed by atoms with Crippen LogP contribution < -0.4 is 5.32 Å². The number of carbonyl (C=O) groups excluding carboxylic acids is 2. The van der Waals surface area contributed by atoms with E-state index in [-0.39, 0.29) is 17.6 Å². The van der Waals surface area contributed by atoms with Gasteiger partial charge in [-0.2, -0.15) is 8.78 Å². The van der Waals surface area contributed by atoms with E-state index < -0.39 is 18.1 Å². The van der Waals surface area contributed by atoms with Crippen molar-refractivity contribution in [2.75, 3.05) is 20.2 Å². The number of unbranched alkanes of at least 4 members (excludes halogenated alkanes) is 3. The number of urea groups is 1. The Morgan fingerprint density at radius 1 is 1.31 bits per heavy atom. The predicted molar refractivity (Wildman–Crippen MR) is 104 cm³/mol. The van der Waals surface area contributed by atoms with Crippen LogP contribution in [0.5, 0.6) is 0 Å².